The smallest absolute Gasteiger partial charge is 0.226 e. The van der Waals surface area contributed by atoms with Gasteiger partial charge in [-0.2, -0.15) is 5.10 Å². The van der Waals surface area contributed by atoms with E-state index in [2.05, 4.69) is 10.3 Å². The van der Waals surface area contributed by atoms with Gasteiger partial charge in [0.25, 0.3) is 0 Å². The van der Waals surface area contributed by atoms with Crippen LogP contribution in [0, 0.1) is 6.92 Å². The lowest BCUT2D eigenvalue weighted by Gasteiger charge is -2.08. The molecular weight excluding hydrogens is 289 g/mol. The third-order valence-electron chi connectivity index (χ3n) is 2.50. The molecule has 0 fully saturated rings. The van der Waals surface area contributed by atoms with E-state index >= 15 is 0 Å². The maximum atomic E-state index is 8.67. The molecular formula is C12H11Cl2N3O2. The molecule has 100 valence electrons. The van der Waals surface area contributed by atoms with Gasteiger partial charge in [0.1, 0.15) is 5.75 Å². The predicted molar refractivity (Wildman–Crippen MR) is 73.9 cm³/mol. The second kappa shape index (κ2) is 5.50. The van der Waals surface area contributed by atoms with Crippen LogP contribution in [0.1, 0.15) is 11.3 Å². The van der Waals surface area contributed by atoms with Gasteiger partial charge in [0, 0.05) is 12.1 Å². The summed E-state index contributed by atoms with van der Waals surface area (Å²) in [5, 5.41) is 16.8. The van der Waals surface area contributed by atoms with E-state index < -0.39 is 0 Å². The largest absolute Gasteiger partial charge is 0.437 e. The van der Waals surface area contributed by atoms with Crippen LogP contribution >= 0.6 is 23.2 Å². The number of rotatable bonds is 3. The van der Waals surface area contributed by atoms with Crippen molar-refractivity contribution in [2.45, 2.75) is 6.92 Å². The van der Waals surface area contributed by atoms with Crippen LogP contribution in [-0.2, 0) is 7.05 Å². The number of nitrogens with zero attached hydrogens (tertiary/aromatic N) is 3. The summed E-state index contributed by atoms with van der Waals surface area (Å²) in [5.41, 5.74) is 1.26. The third kappa shape index (κ3) is 2.83. The Morgan fingerprint density at radius 2 is 2.16 bits per heavy atom. The van der Waals surface area contributed by atoms with Crippen LogP contribution in [0.2, 0.25) is 10.0 Å². The fourth-order valence-corrected chi connectivity index (χ4v) is 2.09. The Bertz CT molecular complexity index is 638. The zero-order chi connectivity index (χ0) is 14.0. The quantitative estimate of drug-likeness (QED) is 0.535. The summed E-state index contributed by atoms with van der Waals surface area (Å²) in [6.45, 7) is 1.79. The Kier molecular flexibility index (Phi) is 3.97. The van der Waals surface area contributed by atoms with Gasteiger partial charge < -0.3 is 9.94 Å². The van der Waals surface area contributed by atoms with Crippen molar-refractivity contribution in [3.05, 3.63) is 39.5 Å². The maximum Gasteiger partial charge on any atom is 0.226 e. The highest BCUT2D eigenvalue weighted by atomic mass is 35.5. The van der Waals surface area contributed by atoms with Gasteiger partial charge in [-0.1, -0.05) is 28.4 Å². The van der Waals surface area contributed by atoms with Crippen molar-refractivity contribution in [2.75, 3.05) is 0 Å². The zero-order valence-electron chi connectivity index (χ0n) is 10.3. The number of oxime groups is 1. The van der Waals surface area contributed by atoms with Crippen LogP contribution in [0.3, 0.4) is 0 Å². The average molecular weight is 300 g/mol. The summed E-state index contributed by atoms with van der Waals surface area (Å²) >= 11 is 11.9. The summed E-state index contributed by atoms with van der Waals surface area (Å²) in [4.78, 5) is 0. The molecule has 0 unspecified atom stereocenters. The second-order valence-corrected chi connectivity index (χ2v) is 4.69. The molecule has 5 nitrogen and oxygen atoms in total. The lowest BCUT2D eigenvalue weighted by atomic mass is 10.3. The minimum atomic E-state index is 0.387. The standard InChI is InChI=1S/C12H11Cl2N3O2/c1-7-9(6-15-18)12(17(2)16-7)19-11-4-3-8(13)5-10(11)14/h3-6,18H,1-2H3. The van der Waals surface area contributed by atoms with Crippen molar-refractivity contribution >= 4 is 29.4 Å². The first-order valence-corrected chi connectivity index (χ1v) is 6.12. The predicted octanol–water partition coefficient (Wildman–Crippen LogP) is 3.64. The molecule has 0 spiro atoms. The van der Waals surface area contributed by atoms with Gasteiger partial charge in [-0.15, -0.1) is 0 Å². The first-order chi connectivity index (χ1) is 9.02. The van der Waals surface area contributed by atoms with Gasteiger partial charge in [-0.25, -0.2) is 4.68 Å². The molecule has 0 aliphatic carbocycles. The Balaban J connectivity index is 2.43. The first-order valence-electron chi connectivity index (χ1n) is 5.37. The van der Waals surface area contributed by atoms with Crippen molar-refractivity contribution in [3.8, 4) is 11.6 Å². The molecule has 0 aliphatic heterocycles. The van der Waals surface area contributed by atoms with E-state index in [4.69, 9.17) is 33.1 Å². The number of hydrogen-bond donors (Lipinski definition) is 1. The van der Waals surface area contributed by atoms with E-state index in [9.17, 15) is 0 Å². The monoisotopic (exact) mass is 299 g/mol. The summed E-state index contributed by atoms with van der Waals surface area (Å²) in [6.07, 6.45) is 1.27. The molecule has 7 heteroatoms. The molecule has 2 rings (SSSR count). The summed E-state index contributed by atoms with van der Waals surface area (Å²) in [5.74, 6) is 0.876. The molecule has 0 bridgehead atoms. The number of benzene rings is 1. The number of halogens is 2. The lowest BCUT2D eigenvalue weighted by Crippen LogP contribution is -1.97. The molecule has 0 saturated heterocycles. The van der Waals surface area contributed by atoms with Crippen molar-refractivity contribution < 1.29 is 9.94 Å². The SMILES string of the molecule is Cc1nn(C)c(Oc2ccc(Cl)cc2Cl)c1C=NO. The summed E-state index contributed by atoms with van der Waals surface area (Å²) in [7, 11) is 1.72. The summed E-state index contributed by atoms with van der Waals surface area (Å²) < 4.78 is 7.25. The minimum Gasteiger partial charge on any atom is -0.437 e. The van der Waals surface area contributed by atoms with E-state index in [1.807, 2.05) is 0 Å². The Morgan fingerprint density at radius 3 is 2.79 bits per heavy atom. The molecule has 0 amide bonds. The van der Waals surface area contributed by atoms with E-state index in [0.717, 1.165) is 0 Å². The zero-order valence-corrected chi connectivity index (χ0v) is 11.8. The van der Waals surface area contributed by atoms with Crippen molar-refractivity contribution in [1.29, 1.82) is 0 Å². The minimum absolute atomic E-state index is 0.387. The molecule has 1 aromatic carbocycles. The molecule has 1 N–H and O–H groups in total. The number of aryl methyl sites for hydroxylation is 2. The average Bonchev–Trinajstić information content (AvgIpc) is 2.60. The highest BCUT2D eigenvalue weighted by Gasteiger charge is 2.15. The van der Waals surface area contributed by atoms with Crippen LogP contribution in [-0.4, -0.2) is 21.2 Å². The van der Waals surface area contributed by atoms with Gasteiger partial charge in [-0.05, 0) is 25.1 Å². The highest BCUT2D eigenvalue weighted by Crippen LogP contribution is 2.33. The first kappa shape index (κ1) is 13.7. The fraction of sp³-hybridized carbons (Fsp3) is 0.167. The van der Waals surface area contributed by atoms with Crippen LogP contribution in [0.5, 0.6) is 11.6 Å². The van der Waals surface area contributed by atoms with Gasteiger partial charge in [0.05, 0.1) is 22.5 Å². The van der Waals surface area contributed by atoms with Crippen molar-refractivity contribution in [2.24, 2.45) is 12.2 Å². The molecule has 0 aliphatic rings. The van der Waals surface area contributed by atoms with Crippen LogP contribution < -0.4 is 4.74 Å². The fourth-order valence-electron chi connectivity index (χ4n) is 1.64. The Labute approximate surface area is 120 Å². The second-order valence-electron chi connectivity index (χ2n) is 3.85. The van der Waals surface area contributed by atoms with E-state index in [1.54, 1.807) is 32.2 Å². The van der Waals surface area contributed by atoms with E-state index in [1.165, 1.54) is 10.9 Å². The van der Waals surface area contributed by atoms with Gasteiger partial charge >= 0.3 is 0 Å². The van der Waals surface area contributed by atoms with Crippen LogP contribution in [0.15, 0.2) is 23.4 Å². The molecule has 2 aromatic rings. The van der Waals surface area contributed by atoms with Gasteiger partial charge in [0.2, 0.25) is 5.88 Å². The number of ether oxygens (including phenoxy) is 1. The van der Waals surface area contributed by atoms with Crippen LogP contribution in [0.25, 0.3) is 0 Å². The Hall–Kier alpha value is -1.72. The van der Waals surface area contributed by atoms with Crippen molar-refractivity contribution in [1.82, 2.24) is 9.78 Å². The third-order valence-corrected chi connectivity index (χ3v) is 3.03. The molecule has 0 atom stereocenters. The molecule has 19 heavy (non-hydrogen) atoms. The maximum absolute atomic E-state index is 8.67. The van der Waals surface area contributed by atoms with E-state index in [-0.39, 0.29) is 0 Å². The summed E-state index contributed by atoms with van der Waals surface area (Å²) in [6, 6.07) is 4.92. The normalized spacial score (nSPS) is 11.2. The highest BCUT2D eigenvalue weighted by molar-refractivity contribution is 6.35. The van der Waals surface area contributed by atoms with Crippen LogP contribution in [0.4, 0.5) is 0 Å². The lowest BCUT2D eigenvalue weighted by molar-refractivity contribution is 0.321. The number of hydrogen-bond acceptors (Lipinski definition) is 4. The molecule has 1 aromatic heterocycles. The number of aromatic nitrogens is 2. The molecule has 0 radical (unpaired) electrons. The van der Waals surface area contributed by atoms with E-state index in [0.29, 0.717) is 32.9 Å². The topological polar surface area (TPSA) is 59.6 Å². The Morgan fingerprint density at radius 1 is 1.42 bits per heavy atom. The molecule has 1 heterocycles. The molecule has 0 saturated carbocycles. The van der Waals surface area contributed by atoms with Gasteiger partial charge in [-0.3, -0.25) is 0 Å². The van der Waals surface area contributed by atoms with Gasteiger partial charge in [0.15, 0.2) is 0 Å². The van der Waals surface area contributed by atoms with Crippen molar-refractivity contribution in [3.63, 3.8) is 0 Å².